The molecule has 0 unspecified atom stereocenters. The number of halogens is 1. The van der Waals surface area contributed by atoms with Crippen LogP contribution in [-0.2, 0) is 0 Å². The Hall–Kier alpha value is -4.82. The number of nitrogens with one attached hydrogen (secondary N) is 1. The van der Waals surface area contributed by atoms with Gasteiger partial charge in [-0.15, -0.1) is 10.2 Å². The van der Waals surface area contributed by atoms with E-state index in [1.807, 2.05) is 60.7 Å². The molecule has 0 saturated carbocycles. The van der Waals surface area contributed by atoms with Gasteiger partial charge in [0.2, 0.25) is 0 Å². The van der Waals surface area contributed by atoms with E-state index in [-0.39, 0.29) is 0 Å². The van der Waals surface area contributed by atoms with E-state index in [0.717, 1.165) is 27.7 Å². The van der Waals surface area contributed by atoms with Crippen molar-refractivity contribution in [2.24, 2.45) is 0 Å². The van der Waals surface area contributed by atoms with Crippen LogP contribution in [0.1, 0.15) is 0 Å². The normalized spacial score (nSPS) is 11.0. The van der Waals surface area contributed by atoms with Crippen LogP contribution in [0.5, 0.6) is 17.2 Å². The largest absolute Gasteiger partial charge is 0.495 e. The maximum Gasteiger partial charge on any atom is 0.161 e. The highest BCUT2D eigenvalue weighted by atomic mass is 35.5. The lowest BCUT2D eigenvalue weighted by molar-refractivity contribution is 0.413. The van der Waals surface area contributed by atoms with E-state index in [1.165, 1.54) is 0 Å². The number of anilines is 2. The van der Waals surface area contributed by atoms with E-state index >= 15 is 0 Å². The van der Waals surface area contributed by atoms with Gasteiger partial charge in [0.05, 0.1) is 18.8 Å². The summed E-state index contributed by atoms with van der Waals surface area (Å²) in [4.78, 5) is 12.8. The molecule has 4 heterocycles. The first-order valence-electron chi connectivity index (χ1n) is 11.4. The van der Waals surface area contributed by atoms with Crippen molar-refractivity contribution in [2.75, 3.05) is 12.4 Å². The molecule has 0 radical (unpaired) electrons. The third kappa shape index (κ3) is 4.57. The zero-order valence-corrected chi connectivity index (χ0v) is 20.3. The minimum atomic E-state index is 0.406. The first kappa shape index (κ1) is 22.6. The lowest BCUT2D eigenvalue weighted by Gasteiger charge is -2.12. The highest BCUT2D eigenvalue weighted by molar-refractivity contribution is 6.29. The van der Waals surface area contributed by atoms with Gasteiger partial charge in [-0.1, -0.05) is 35.9 Å². The van der Waals surface area contributed by atoms with E-state index in [9.17, 15) is 0 Å². The fourth-order valence-electron chi connectivity index (χ4n) is 4.01. The Morgan fingerprint density at radius 1 is 0.784 bits per heavy atom. The molecule has 0 bridgehead atoms. The summed E-state index contributed by atoms with van der Waals surface area (Å²) in [7, 11) is 1.60. The van der Waals surface area contributed by atoms with E-state index in [4.69, 9.17) is 21.1 Å². The van der Waals surface area contributed by atoms with Crippen molar-refractivity contribution in [3.05, 3.63) is 96.5 Å². The van der Waals surface area contributed by atoms with Crippen LogP contribution >= 0.6 is 11.6 Å². The predicted molar refractivity (Wildman–Crippen MR) is 144 cm³/mol. The topological polar surface area (TPSA) is 94.9 Å². The SMILES string of the molecule is COc1cnc2c(Oc3ccc(Nc4nnc(-c5ccnc(Cl)c5)c5ccccc45)cc3)ccnc2c1. The summed E-state index contributed by atoms with van der Waals surface area (Å²) in [5, 5.41) is 14.6. The smallest absolute Gasteiger partial charge is 0.161 e. The number of aromatic nitrogens is 5. The zero-order chi connectivity index (χ0) is 25.2. The summed E-state index contributed by atoms with van der Waals surface area (Å²) in [5.74, 6) is 2.56. The summed E-state index contributed by atoms with van der Waals surface area (Å²) >= 11 is 6.10. The van der Waals surface area contributed by atoms with Crippen LogP contribution < -0.4 is 14.8 Å². The Balaban J connectivity index is 1.27. The van der Waals surface area contributed by atoms with Crippen molar-refractivity contribution in [1.29, 1.82) is 0 Å². The standard InChI is InChI=1S/C28H19ClN6O2/c1-36-20-15-23-27(32-16-20)24(11-13-30-23)37-19-8-6-18(7-9-19)33-28-22-5-3-2-4-21(22)26(34-35-28)17-10-12-31-25(29)14-17/h2-16H,1H3,(H,33,35). The van der Waals surface area contributed by atoms with Gasteiger partial charge in [0.1, 0.15) is 27.9 Å². The molecule has 37 heavy (non-hydrogen) atoms. The predicted octanol–water partition coefficient (Wildman–Crippen LogP) is 6.83. The Bertz CT molecular complexity index is 1740. The fourth-order valence-corrected chi connectivity index (χ4v) is 4.18. The third-order valence-electron chi connectivity index (χ3n) is 5.78. The van der Waals surface area contributed by atoms with Crippen molar-refractivity contribution in [3.8, 4) is 28.5 Å². The lowest BCUT2D eigenvalue weighted by Crippen LogP contribution is -1.99. The number of rotatable bonds is 6. The molecule has 180 valence electrons. The molecule has 6 rings (SSSR count). The molecule has 0 spiro atoms. The second-order valence-corrected chi connectivity index (χ2v) is 8.50. The Morgan fingerprint density at radius 3 is 2.41 bits per heavy atom. The van der Waals surface area contributed by atoms with Crippen LogP contribution in [0.3, 0.4) is 0 Å². The molecular weight excluding hydrogens is 488 g/mol. The van der Waals surface area contributed by atoms with E-state index in [0.29, 0.717) is 39.3 Å². The molecule has 0 amide bonds. The van der Waals surface area contributed by atoms with Crippen LogP contribution in [0.2, 0.25) is 5.15 Å². The molecule has 0 fully saturated rings. The summed E-state index contributed by atoms with van der Waals surface area (Å²) < 4.78 is 11.3. The van der Waals surface area contributed by atoms with Crippen molar-refractivity contribution in [2.45, 2.75) is 0 Å². The van der Waals surface area contributed by atoms with Gasteiger partial charge in [-0.25, -0.2) is 9.97 Å². The third-order valence-corrected chi connectivity index (χ3v) is 5.99. The number of hydrogen-bond acceptors (Lipinski definition) is 8. The summed E-state index contributed by atoms with van der Waals surface area (Å²) in [6.07, 6.45) is 4.98. The zero-order valence-electron chi connectivity index (χ0n) is 19.6. The molecule has 4 aromatic heterocycles. The minimum absolute atomic E-state index is 0.406. The monoisotopic (exact) mass is 506 g/mol. The molecule has 0 aliphatic carbocycles. The highest BCUT2D eigenvalue weighted by Crippen LogP contribution is 2.33. The summed E-state index contributed by atoms with van der Waals surface area (Å²) in [6.45, 7) is 0. The number of fused-ring (bicyclic) bond motifs is 2. The first-order chi connectivity index (χ1) is 18.2. The molecule has 0 aliphatic rings. The summed E-state index contributed by atoms with van der Waals surface area (Å²) in [5.41, 5.74) is 3.79. The number of hydrogen-bond donors (Lipinski definition) is 1. The number of pyridine rings is 3. The second kappa shape index (κ2) is 9.67. The van der Waals surface area contributed by atoms with Crippen LogP contribution in [-0.4, -0.2) is 32.3 Å². The number of ether oxygens (including phenoxy) is 2. The van der Waals surface area contributed by atoms with Gasteiger partial charge in [-0.3, -0.25) is 4.98 Å². The van der Waals surface area contributed by atoms with Crippen molar-refractivity contribution in [1.82, 2.24) is 25.1 Å². The van der Waals surface area contributed by atoms with Crippen molar-refractivity contribution >= 4 is 44.9 Å². The first-order valence-corrected chi connectivity index (χ1v) is 11.8. The van der Waals surface area contributed by atoms with Gasteiger partial charge < -0.3 is 14.8 Å². The van der Waals surface area contributed by atoms with Gasteiger partial charge >= 0.3 is 0 Å². The maximum absolute atomic E-state index is 6.10. The lowest BCUT2D eigenvalue weighted by atomic mass is 10.1. The fraction of sp³-hybridized carbons (Fsp3) is 0.0357. The van der Waals surface area contributed by atoms with E-state index in [1.54, 1.807) is 37.8 Å². The maximum atomic E-state index is 6.10. The van der Waals surface area contributed by atoms with Crippen LogP contribution in [0, 0.1) is 0 Å². The van der Waals surface area contributed by atoms with E-state index < -0.39 is 0 Å². The van der Waals surface area contributed by atoms with Crippen LogP contribution in [0.25, 0.3) is 33.1 Å². The number of nitrogens with zero attached hydrogens (tertiary/aromatic N) is 5. The molecule has 8 nitrogen and oxygen atoms in total. The molecular formula is C28H19ClN6O2. The van der Waals surface area contributed by atoms with Gasteiger partial charge in [0.25, 0.3) is 0 Å². The second-order valence-electron chi connectivity index (χ2n) is 8.11. The van der Waals surface area contributed by atoms with Crippen molar-refractivity contribution in [3.63, 3.8) is 0 Å². The average molecular weight is 507 g/mol. The van der Waals surface area contributed by atoms with Gasteiger partial charge in [-0.2, -0.15) is 0 Å². The molecule has 0 atom stereocenters. The van der Waals surface area contributed by atoms with Gasteiger partial charge in [0, 0.05) is 46.5 Å². The van der Waals surface area contributed by atoms with Crippen molar-refractivity contribution < 1.29 is 9.47 Å². The Morgan fingerprint density at radius 2 is 1.59 bits per heavy atom. The molecule has 2 aromatic carbocycles. The Labute approximate surface area is 216 Å². The van der Waals surface area contributed by atoms with E-state index in [2.05, 4.69) is 30.5 Å². The molecule has 9 heteroatoms. The molecule has 1 N–H and O–H groups in total. The Kier molecular flexibility index (Phi) is 5.92. The van der Waals surface area contributed by atoms with Gasteiger partial charge in [0.15, 0.2) is 11.6 Å². The molecule has 0 aliphatic heterocycles. The average Bonchev–Trinajstić information content (AvgIpc) is 2.94. The van der Waals surface area contributed by atoms with Crippen LogP contribution in [0.15, 0.2) is 91.4 Å². The molecule has 6 aromatic rings. The summed E-state index contributed by atoms with van der Waals surface area (Å²) in [6, 6.07) is 22.8. The van der Waals surface area contributed by atoms with Crippen LogP contribution in [0.4, 0.5) is 11.5 Å². The number of methoxy groups -OCH3 is 1. The highest BCUT2D eigenvalue weighted by Gasteiger charge is 2.12. The van der Waals surface area contributed by atoms with Gasteiger partial charge in [-0.05, 0) is 36.4 Å². The minimum Gasteiger partial charge on any atom is -0.495 e. The number of benzene rings is 2. The quantitative estimate of drug-likeness (QED) is 0.245. The molecule has 0 saturated heterocycles.